The number of hydrogen-bond donors (Lipinski definition) is 2. The maximum Gasteiger partial charge on any atom is 0.326 e. The highest BCUT2D eigenvalue weighted by Crippen LogP contribution is 2.29. The van der Waals surface area contributed by atoms with E-state index in [4.69, 9.17) is 4.74 Å². The Hall–Kier alpha value is -1.93. The summed E-state index contributed by atoms with van der Waals surface area (Å²) in [7, 11) is 0. The molecule has 1 fully saturated rings. The Labute approximate surface area is 145 Å². The molecule has 0 aromatic carbocycles. The minimum Gasteiger partial charge on any atom is -0.381 e. The Bertz CT molecular complexity index is 703. The lowest BCUT2D eigenvalue weighted by Crippen LogP contribution is -2.20. The summed E-state index contributed by atoms with van der Waals surface area (Å²) in [6.45, 7) is 7.64. The number of rotatable bonds is 4. The van der Waals surface area contributed by atoms with Crippen LogP contribution in [0.2, 0.25) is 0 Å². The molecular formula is C16H23N5O2S. The van der Waals surface area contributed by atoms with Crippen molar-refractivity contribution >= 4 is 28.3 Å². The lowest BCUT2D eigenvalue weighted by molar-refractivity contribution is 0.0846. The van der Waals surface area contributed by atoms with Crippen LogP contribution in [-0.2, 0) is 4.74 Å². The molecule has 0 saturated carbocycles. The molecule has 0 spiro atoms. The number of anilines is 2. The van der Waals surface area contributed by atoms with E-state index in [0.717, 1.165) is 37.4 Å². The summed E-state index contributed by atoms with van der Waals surface area (Å²) in [5.41, 5.74) is 2.05. The van der Waals surface area contributed by atoms with Crippen molar-refractivity contribution in [2.24, 2.45) is 0 Å². The Morgan fingerprint density at radius 2 is 2.12 bits per heavy atom. The lowest BCUT2D eigenvalue weighted by Gasteiger charge is -2.19. The van der Waals surface area contributed by atoms with Gasteiger partial charge in [-0.05, 0) is 33.6 Å². The van der Waals surface area contributed by atoms with Gasteiger partial charge in [-0.25, -0.2) is 9.78 Å². The van der Waals surface area contributed by atoms with Crippen LogP contribution in [0, 0.1) is 6.92 Å². The van der Waals surface area contributed by atoms with Crippen molar-refractivity contribution in [3.05, 3.63) is 22.8 Å². The molecule has 3 heterocycles. The minimum atomic E-state index is -0.323. The van der Waals surface area contributed by atoms with Crippen LogP contribution in [0.5, 0.6) is 0 Å². The number of nitrogens with one attached hydrogen (secondary N) is 2. The van der Waals surface area contributed by atoms with Gasteiger partial charge in [0.05, 0.1) is 5.69 Å². The van der Waals surface area contributed by atoms with Crippen LogP contribution in [0.3, 0.4) is 0 Å². The highest BCUT2D eigenvalue weighted by atomic mass is 32.1. The van der Waals surface area contributed by atoms with E-state index in [9.17, 15) is 4.79 Å². The van der Waals surface area contributed by atoms with Crippen molar-refractivity contribution in [2.75, 3.05) is 23.8 Å². The fourth-order valence-electron chi connectivity index (χ4n) is 2.84. The molecular weight excluding hydrogens is 326 g/mol. The van der Waals surface area contributed by atoms with Gasteiger partial charge in [-0.1, -0.05) is 0 Å². The van der Waals surface area contributed by atoms with E-state index in [2.05, 4.69) is 34.6 Å². The second-order valence-corrected chi connectivity index (χ2v) is 7.11. The predicted molar refractivity (Wildman–Crippen MR) is 94.9 cm³/mol. The first-order chi connectivity index (χ1) is 11.5. The first-order valence-corrected chi connectivity index (χ1v) is 9.08. The molecule has 130 valence electrons. The Morgan fingerprint density at radius 1 is 1.38 bits per heavy atom. The molecule has 7 nitrogen and oxygen atoms in total. The SMILES string of the molecule is Cc1cc(NC(=O)Nc2nc(C3CCOCC3)cs2)nn1C(C)C. The zero-order chi connectivity index (χ0) is 17.1. The summed E-state index contributed by atoms with van der Waals surface area (Å²) >= 11 is 1.45. The molecule has 2 amide bonds. The molecule has 1 aliphatic heterocycles. The van der Waals surface area contributed by atoms with Gasteiger partial charge in [0.25, 0.3) is 0 Å². The van der Waals surface area contributed by atoms with Gasteiger partial charge < -0.3 is 4.74 Å². The molecule has 2 aromatic rings. The van der Waals surface area contributed by atoms with E-state index in [1.54, 1.807) is 0 Å². The Kier molecular flexibility index (Phi) is 5.15. The molecule has 1 aliphatic rings. The van der Waals surface area contributed by atoms with Crippen LogP contribution >= 0.6 is 11.3 Å². The third-order valence-electron chi connectivity index (χ3n) is 4.04. The number of aryl methyl sites for hydroxylation is 1. The quantitative estimate of drug-likeness (QED) is 0.880. The Morgan fingerprint density at radius 3 is 2.79 bits per heavy atom. The monoisotopic (exact) mass is 349 g/mol. The average Bonchev–Trinajstić information content (AvgIpc) is 3.15. The fraction of sp³-hybridized carbons (Fsp3) is 0.562. The number of carbonyl (C=O) groups is 1. The average molecular weight is 349 g/mol. The number of carbonyl (C=O) groups excluding carboxylic acids is 1. The van der Waals surface area contributed by atoms with E-state index in [0.29, 0.717) is 16.9 Å². The summed E-state index contributed by atoms with van der Waals surface area (Å²) in [5, 5.41) is 12.6. The molecule has 24 heavy (non-hydrogen) atoms. The zero-order valence-electron chi connectivity index (χ0n) is 14.2. The molecule has 0 unspecified atom stereocenters. The number of nitrogens with zero attached hydrogens (tertiary/aromatic N) is 3. The van der Waals surface area contributed by atoms with Crippen LogP contribution in [0.25, 0.3) is 0 Å². The number of ether oxygens (including phenoxy) is 1. The van der Waals surface area contributed by atoms with Gasteiger partial charge in [0.1, 0.15) is 0 Å². The third-order valence-corrected chi connectivity index (χ3v) is 4.81. The molecule has 2 N–H and O–H groups in total. The molecule has 0 atom stereocenters. The molecule has 2 aromatic heterocycles. The van der Waals surface area contributed by atoms with E-state index in [1.807, 2.05) is 23.1 Å². The predicted octanol–water partition coefficient (Wildman–Crippen LogP) is 3.77. The van der Waals surface area contributed by atoms with Gasteiger partial charge in [-0.15, -0.1) is 11.3 Å². The van der Waals surface area contributed by atoms with Crippen molar-refractivity contribution in [3.8, 4) is 0 Å². The summed E-state index contributed by atoms with van der Waals surface area (Å²) in [6, 6.07) is 1.79. The van der Waals surface area contributed by atoms with E-state index < -0.39 is 0 Å². The van der Waals surface area contributed by atoms with Crippen LogP contribution in [0.4, 0.5) is 15.7 Å². The van der Waals surface area contributed by atoms with Gasteiger partial charge in [-0.3, -0.25) is 15.3 Å². The molecule has 0 aliphatic carbocycles. The van der Waals surface area contributed by atoms with Crippen LogP contribution < -0.4 is 10.6 Å². The lowest BCUT2D eigenvalue weighted by atomic mass is 9.98. The molecule has 3 rings (SSSR count). The van der Waals surface area contributed by atoms with Gasteiger partial charge in [-0.2, -0.15) is 5.10 Å². The summed E-state index contributed by atoms with van der Waals surface area (Å²) in [6.07, 6.45) is 1.97. The number of urea groups is 1. The minimum absolute atomic E-state index is 0.254. The van der Waals surface area contributed by atoms with Crippen molar-refractivity contribution in [1.82, 2.24) is 14.8 Å². The molecule has 0 radical (unpaired) electrons. The third kappa shape index (κ3) is 3.93. The van der Waals surface area contributed by atoms with Crippen LogP contribution in [-0.4, -0.2) is 34.0 Å². The number of amides is 2. The van der Waals surface area contributed by atoms with Gasteiger partial charge in [0.2, 0.25) is 0 Å². The molecule has 1 saturated heterocycles. The molecule has 8 heteroatoms. The van der Waals surface area contributed by atoms with Crippen LogP contribution in [0.1, 0.15) is 50.0 Å². The standard InChI is InChI=1S/C16H23N5O2S/c1-10(2)21-11(3)8-14(20-21)18-15(22)19-16-17-13(9-24-16)12-4-6-23-7-5-12/h8-10,12H,4-7H2,1-3H3,(H2,17,18,19,20,22). The normalized spacial score (nSPS) is 15.7. The smallest absolute Gasteiger partial charge is 0.326 e. The van der Waals surface area contributed by atoms with Crippen LogP contribution in [0.15, 0.2) is 11.4 Å². The van der Waals surface area contributed by atoms with Crippen molar-refractivity contribution in [3.63, 3.8) is 0 Å². The van der Waals surface area contributed by atoms with Gasteiger partial charge in [0.15, 0.2) is 10.9 Å². The molecule has 0 bridgehead atoms. The largest absolute Gasteiger partial charge is 0.381 e. The maximum atomic E-state index is 12.1. The summed E-state index contributed by atoms with van der Waals surface area (Å²) < 4.78 is 7.25. The van der Waals surface area contributed by atoms with Gasteiger partial charge in [0, 0.05) is 42.3 Å². The highest BCUT2D eigenvalue weighted by Gasteiger charge is 2.19. The van der Waals surface area contributed by atoms with Crippen molar-refractivity contribution in [2.45, 2.75) is 45.6 Å². The first-order valence-electron chi connectivity index (χ1n) is 8.20. The summed E-state index contributed by atoms with van der Waals surface area (Å²) in [5.74, 6) is 0.970. The maximum absolute atomic E-state index is 12.1. The first kappa shape index (κ1) is 16.9. The zero-order valence-corrected chi connectivity index (χ0v) is 15.0. The van der Waals surface area contributed by atoms with E-state index in [-0.39, 0.29) is 12.1 Å². The van der Waals surface area contributed by atoms with Gasteiger partial charge >= 0.3 is 6.03 Å². The number of thiazole rings is 1. The Balaban J connectivity index is 1.59. The topological polar surface area (TPSA) is 81.1 Å². The number of aromatic nitrogens is 3. The van der Waals surface area contributed by atoms with E-state index >= 15 is 0 Å². The van der Waals surface area contributed by atoms with Crippen molar-refractivity contribution in [1.29, 1.82) is 0 Å². The summed E-state index contributed by atoms with van der Waals surface area (Å²) in [4.78, 5) is 16.7. The van der Waals surface area contributed by atoms with E-state index in [1.165, 1.54) is 11.3 Å². The highest BCUT2D eigenvalue weighted by molar-refractivity contribution is 7.13. The second-order valence-electron chi connectivity index (χ2n) is 6.25. The second kappa shape index (κ2) is 7.31. The number of hydrogen-bond acceptors (Lipinski definition) is 5. The van der Waals surface area contributed by atoms with Crippen molar-refractivity contribution < 1.29 is 9.53 Å². The fourth-order valence-corrected chi connectivity index (χ4v) is 3.63.